The fraction of sp³-hybridized carbons (Fsp3) is 0.389. The monoisotopic (exact) mass is 362 g/mol. The predicted molar refractivity (Wildman–Crippen MR) is 100 cm³/mol. The number of piperazine rings is 1. The Balaban J connectivity index is 1.54. The molecule has 0 unspecified atom stereocenters. The van der Waals surface area contributed by atoms with Crippen molar-refractivity contribution in [2.24, 2.45) is 0 Å². The van der Waals surface area contributed by atoms with E-state index in [0.717, 1.165) is 55.0 Å². The van der Waals surface area contributed by atoms with Crippen LogP contribution in [0.2, 0.25) is 0 Å². The van der Waals surface area contributed by atoms with Gasteiger partial charge in [0.25, 0.3) is 0 Å². The second-order valence-corrected chi connectivity index (χ2v) is 6.38. The molecule has 0 saturated carbocycles. The lowest BCUT2D eigenvalue weighted by Gasteiger charge is -2.33. The van der Waals surface area contributed by atoms with Gasteiger partial charge in [0.1, 0.15) is 18.0 Å². The van der Waals surface area contributed by atoms with Crippen LogP contribution in [0, 0.1) is 0 Å². The van der Waals surface area contributed by atoms with Gasteiger partial charge in [0, 0.05) is 6.07 Å². The summed E-state index contributed by atoms with van der Waals surface area (Å²) in [5, 5.41) is 4.01. The summed E-state index contributed by atoms with van der Waals surface area (Å²) in [4.78, 5) is 3.71. The smallest absolute Gasteiger partial charge is 0.173 e. The second-order valence-electron chi connectivity index (χ2n) is 5.99. The van der Waals surface area contributed by atoms with Crippen molar-refractivity contribution in [1.82, 2.24) is 4.90 Å². The number of thiocarbonyl (C=S) groups is 1. The maximum atomic E-state index is 5.58. The standard InChI is InChI=1S/C18H23N3O3S/c1-22-14-5-6-16(17(12-14)23-2)19-18(25)21-9-7-20(8-10-21)13-15-4-3-11-24-15/h3-6,11-12H,7-10,13H2,1-2H3,(H,19,25)/p+1. The summed E-state index contributed by atoms with van der Waals surface area (Å²) in [6, 6.07) is 9.62. The molecule has 0 aliphatic carbocycles. The van der Waals surface area contributed by atoms with Gasteiger partial charge in [0.05, 0.1) is 52.3 Å². The molecule has 1 fully saturated rings. The quantitative estimate of drug-likeness (QED) is 0.784. The Labute approximate surface area is 153 Å². The first-order valence-electron chi connectivity index (χ1n) is 8.33. The highest BCUT2D eigenvalue weighted by Gasteiger charge is 2.23. The van der Waals surface area contributed by atoms with Gasteiger partial charge in [0.2, 0.25) is 0 Å². The van der Waals surface area contributed by atoms with E-state index >= 15 is 0 Å². The lowest BCUT2D eigenvalue weighted by atomic mass is 10.2. The van der Waals surface area contributed by atoms with Crippen molar-refractivity contribution in [3.63, 3.8) is 0 Å². The van der Waals surface area contributed by atoms with Gasteiger partial charge in [-0.2, -0.15) is 0 Å². The highest BCUT2D eigenvalue weighted by atomic mass is 32.1. The van der Waals surface area contributed by atoms with Gasteiger partial charge in [-0.1, -0.05) is 0 Å². The summed E-state index contributed by atoms with van der Waals surface area (Å²) >= 11 is 5.58. The molecule has 6 nitrogen and oxygen atoms in total. The minimum Gasteiger partial charge on any atom is -0.497 e. The van der Waals surface area contributed by atoms with Crippen LogP contribution in [-0.2, 0) is 6.54 Å². The molecule has 1 aliphatic rings. The Hall–Kier alpha value is -2.25. The van der Waals surface area contributed by atoms with Gasteiger partial charge in [0.15, 0.2) is 10.9 Å². The van der Waals surface area contributed by atoms with Crippen molar-refractivity contribution >= 4 is 23.0 Å². The minimum atomic E-state index is 0.712. The number of furan rings is 1. The molecule has 2 N–H and O–H groups in total. The number of methoxy groups -OCH3 is 2. The van der Waals surface area contributed by atoms with Gasteiger partial charge < -0.3 is 29.0 Å². The summed E-state index contributed by atoms with van der Waals surface area (Å²) in [5.74, 6) is 2.50. The van der Waals surface area contributed by atoms with E-state index in [9.17, 15) is 0 Å². The molecule has 7 heteroatoms. The van der Waals surface area contributed by atoms with Crippen molar-refractivity contribution in [3.8, 4) is 11.5 Å². The van der Waals surface area contributed by atoms with Gasteiger partial charge in [-0.25, -0.2) is 0 Å². The Morgan fingerprint density at radius 3 is 2.68 bits per heavy atom. The average Bonchev–Trinajstić information content (AvgIpc) is 3.15. The number of ether oxygens (including phenoxy) is 2. The first-order chi connectivity index (χ1) is 12.2. The highest BCUT2D eigenvalue weighted by Crippen LogP contribution is 2.29. The van der Waals surface area contributed by atoms with Crippen LogP contribution in [0.5, 0.6) is 11.5 Å². The van der Waals surface area contributed by atoms with Crippen LogP contribution in [0.3, 0.4) is 0 Å². The summed E-state index contributed by atoms with van der Waals surface area (Å²) in [6.07, 6.45) is 1.73. The SMILES string of the molecule is COc1ccc(NC(=S)N2CC[NH+](Cc3ccco3)CC2)c(OC)c1. The molecule has 1 aromatic heterocycles. The molecule has 0 spiro atoms. The second kappa shape index (κ2) is 8.22. The lowest BCUT2D eigenvalue weighted by molar-refractivity contribution is -0.918. The normalized spacial score (nSPS) is 15.0. The van der Waals surface area contributed by atoms with E-state index in [2.05, 4.69) is 10.2 Å². The Kier molecular flexibility index (Phi) is 5.78. The molecule has 25 heavy (non-hydrogen) atoms. The van der Waals surface area contributed by atoms with E-state index in [-0.39, 0.29) is 0 Å². The van der Waals surface area contributed by atoms with Gasteiger partial charge in [-0.3, -0.25) is 0 Å². The molecule has 0 amide bonds. The Morgan fingerprint density at radius 2 is 2.04 bits per heavy atom. The molecule has 2 aromatic rings. The van der Waals surface area contributed by atoms with E-state index < -0.39 is 0 Å². The highest BCUT2D eigenvalue weighted by molar-refractivity contribution is 7.80. The fourth-order valence-corrected chi connectivity index (χ4v) is 3.25. The maximum absolute atomic E-state index is 5.58. The zero-order chi connectivity index (χ0) is 17.6. The number of benzene rings is 1. The molecule has 0 radical (unpaired) electrons. The first kappa shape index (κ1) is 17.6. The van der Waals surface area contributed by atoms with Crippen molar-refractivity contribution in [2.45, 2.75) is 6.54 Å². The summed E-state index contributed by atoms with van der Waals surface area (Å²) in [6.45, 7) is 4.82. The zero-order valence-electron chi connectivity index (χ0n) is 14.6. The minimum absolute atomic E-state index is 0.712. The van der Waals surface area contributed by atoms with Crippen molar-refractivity contribution in [1.29, 1.82) is 0 Å². The zero-order valence-corrected chi connectivity index (χ0v) is 15.4. The molecular weight excluding hydrogens is 338 g/mol. The summed E-state index contributed by atoms with van der Waals surface area (Å²) in [5.41, 5.74) is 0.846. The molecule has 3 rings (SSSR count). The van der Waals surface area contributed by atoms with E-state index in [0.29, 0.717) is 5.75 Å². The Bertz CT molecular complexity index is 698. The number of nitrogens with one attached hydrogen (secondary N) is 2. The number of hydrogen-bond donors (Lipinski definition) is 2. The largest absolute Gasteiger partial charge is 0.497 e. The number of hydrogen-bond acceptors (Lipinski definition) is 4. The average molecular weight is 362 g/mol. The molecule has 0 bridgehead atoms. The van der Waals surface area contributed by atoms with Crippen LogP contribution < -0.4 is 19.7 Å². The van der Waals surface area contributed by atoms with Crippen molar-refractivity contribution < 1.29 is 18.8 Å². The molecule has 1 aliphatic heterocycles. The number of nitrogens with zero attached hydrogens (tertiary/aromatic N) is 1. The summed E-state index contributed by atoms with van der Waals surface area (Å²) < 4.78 is 16.1. The molecule has 134 valence electrons. The Morgan fingerprint density at radius 1 is 1.24 bits per heavy atom. The molecule has 0 atom stereocenters. The van der Waals surface area contributed by atoms with E-state index in [4.69, 9.17) is 26.1 Å². The molecule has 2 heterocycles. The van der Waals surface area contributed by atoms with Gasteiger partial charge in [-0.05, 0) is 36.5 Å². The van der Waals surface area contributed by atoms with Gasteiger partial charge >= 0.3 is 0 Å². The van der Waals surface area contributed by atoms with E-state index in [1.807, 2.05) is 30.3 Å². The number of rotatable bonds is 5. The van der Waals surface area contributed by atoms with Crippen LogP contribution in [-0.4, -0.2) is 50.4 Å². The third kappa shape index (κ3) is 4.43. The molecule has 1 saturated heterocycles. The molecular formula is C18H24N3O3S+. The summed E-state index contributed by atoms with van der Waals surface area (Å²) in [7, 11) is 3.27. The number of anilines is 1. The van der Waals surface area contributed by atoms with Crippen LogP contribution >= 0.6 is 12.2 Å². The van der Waals surface area contributed by atoms with Crippen LogP contribution in [0.1, 0.15) is 5.76 Å². The first-order valence-corrected chi connectivity index (χ1v) is 8.74. The topological polar surface area (TPSA) is 51.3 Å². The van der Waals surface area contributed by atoms with Crippen LogP contribution in [0.4, 0.5) is 5.69 Å². The fourth-order valence-electron chi connectivity index (χ4n) is 2.96. The van der Waals surface area contributed by atoms with Crippen molar-refractivity contribution in [2.75, 3.05) is 45.7 Å². The molecule has 1 aromatic carbocycles. The predicted octanol–water partition coefficient (Wildman–Crippen LogP) is 1.39. The van der Waals surface area contributed by atoms with E-state index in [1.54, 1.807) is 20.5 Å². The maximum Gasteiger partial charge on any atom is 0.173 e. The number of quaternary nitrogens is 1. The van der Waals surface area contributed by atoms with E-state index in [1.165, 1.54) is 4.90 Å². The van der Waals surface area contributed by atoms with Gasteiger partial charge in [-0.15, -0.1) is 0 Å². The van der Waals surface area contributed by atoms with Crippen molar-refractivity contribution in [3.05, 3.63) is 42.4 Å². The third-order valence-corrected chi connectivity index (χ3v) is 4.77. The third-order valence-electron chi connectivity index (χ3n) is 4.41. The van der Waals surface area contributed by atoms with Crippen LogP contribution in [0.25, 0.3) is 0 Å². The van der Waals surface area contributed by atoms with Crippen LogP contribution in [0.15, 0.2) is 41.0 Å². The lowest BCUT2D eigenvalue weighted by Crippen LogP contribution is -3.13.